The molecular formula is C2H5KO5S. The van der Waals surface area contributed by atoms with Crippen LogP contribution in [0.1, 0.15) is 0 Å². The Labute approximate surface area is 95.8 Å². The first-order chi connectivity index (χ1) is 3.56. The van der Waals surface area contributed by atoms with Crippen molar-refractivity contribution in [2.45, 2.75) is 0 Å². The van der Waals surface area contributed by atoms with Gasteiger partial charge in [0.2, 0.25) is 0 Å². The summed E-state index contributed by atoms with van der Waals surface area (Å²) in [5.41, 5.74) is 0. The van der Waals surface area contributed by atoms with Crippen LogP contribution in [-0.2, 0) is 14.6 Å². The van der Waals surface area contributed by atoms with Gasteiger partial charge in [0.05, 0.1) is 0 Å². The summed E-state index contributed by atoms with van der Waals surface area (Å²) in [6.45, 7) is -0.0629. The Morgan fingerprint density at radius 2 is 2.00 bits per heavy atom. The van der Waals surface area contributed by atoms with Crippen LogP contribution < -0.4 is 51.4 Å². The van der Waals surface area contributed by atoms with E-state index in [4.69, 9.17) is 9.66 Å². The van der Waals surface area contributed by atoms with Crippen LogP contribution >= 0.6 is 0 Å². The van der Waals surface area contributed by atoms with E-state index >= 15 is 0 Å². The molecule has 2 N–H and O–H groups in total. The number of hydrogen-bond acceptors (Lipinski definition) is 4. The molecule has 9 heavy (non-hydrogen) atoms. The van der Waals surface area contributed by atoms with E-state index < -0.39 is 17.0 Å². The molecule has 0 radical (unpaired) electrons. The maximum atomic E-state index is 9.59. The third kappa shape index (κ3) is 12.6. The summed E-state index contributed by atoms with van der Waals surface area (Å²) in [5, 5.41) is 7.80. The molecule has 0 saturated heterocycles. The van der Waals surface area contributed by atoms with E-state index in [1.807, 2.05) is 0 Å². The molecule has 0 rings (SSSR count). The molecule has 50 valence electrons. The van der Waals surface area contributed by atoms with Gasteiger partial charge in [-0.1, -0.05) is 0 Å². The molecule has 5 nitrogen and oxygen atoms in total. The van der Waals surface area contributed by atoms with Crippen molar-refractivity contribution >= 4 is 10.4 Å². The summed E-state index contributed by atoms with van der Waals surface area (Å²) in [7, 11) is -4.38. The van der Waals surface area contributed by atoms with Gasteiger partial charge in [0.25, 0.3) is 0 Å². The first-order valence-electron chi connectivity index (χ1n) is 1.64. The fraction of sp³-hybridized carbons (Fsp3) is 0.500. The van der Waals surface area contributed by atoms with E-state index in [9.17, 15) is 8.42 Å². The monoisotopic (exact) mass is 180 g/mol. The zero-order valence-electron chi connectivity index (χ0n) is 4.81. The molecule has 0 fully saturated rings. The van der Waals surface area contributed by atoms with Crippen molar-refractivity contribution in [1.82, 2.24) is 0 Å². The van der Waals surface area contributed by atoms with Crippen LogP contribution in [0.3, 0.4) is 0 Å². The Bertz CT molecular complexity index is 139. The predicted molar refractivity (Wildman–Crippen MR) is 23.7 cm³/mol. The summed E-state index contributed by atoms with van der Waals surface area (Å²) in [6, 6.07) is 0. The minimum atomic E-state index is -4.38. The fourth-order valence-electron chi connectivity index (χ4n) is 0.116. The van der Waals surface area contributed by atoms with Crippen molar-refractivity contribution in [3.8, 4) is 0 Å². The maximum Gasteiger partial charge on any atom is 1.00 e. The topological polar surface area (TPSA) is 83.8 Å². The molecule has 0 aliphatic rings. The molecule has 0 aromatic heterocycles. The van der Waals surface area contributed by atoms with Crippen LogP contribution in [0.2, 0.25) is 0 Å². The van der Waals surface area contributed by atoms with E-state index in [0.29, 0.717) is 6.61 Å². The smallest absolute Gasteiger partial charge is 0.564 e. The summed E-state index contributed by atoms with van der Waals surface area (Å²) in [5.74, 6) is 0. The van der Waals surface area contributed by atoms with Crippen LogP contribution in [0.25, 0.3) is 0 Å². The van der Waals surface area contributed by atoms with Gasteiger partial charge in [-0.05, 0) is 6.61 Å². The summed E-state index contributed by atoms with van der Waals surface area (Å²) >= 11 is 0. The van der Waals surface area contributed by atoms with E-state index in [1.165, 1.54) is 0 Å². The van der Waals surface area contributed by atoms with Gasteiger partial charge in [-0.3, -0.25) is 8.74 Å². The van der Waals surface area contributed by atoms with Gasteiger partial charge in [0.1, 0.15) is 0 Å². The Balaban J connectivity index is 0. The zero-order valence-corrected chi connectivity index (χ0v) is 8.75. The normalized spacial score (nSPS) is 10.4. The largest absolute Gasteiger partial charge is 1.00 e. The molecule has 0 atom stereocenters. The Kier molecular flexibility index (Phi) is 9.01. The molecule has 0 saturated carbocycles. The van der Waals surface area contributed by atoms with Crippen molar-refractivity contribution in [3.05, 3.63) is 6.61 Å². The van der Waals surface area contributed by atoms with Crippen LogP contribution in [0.5, 0.6) is 0 Å². The second-order valence-corrected chi connectivity index (χ2v) is 1.99. The second-order valence-electron chi connectivity index (χ2n) is 0.895. The Hall–Kier alpha value is 1.47. The first-order valence-corrected chi connectivity index (χ1v) is 3.00. The second kappa shape index (κ2) is 6.19. The van der Waals surface area contributed by atoms with E-state index in [0.717, 1.165) is 0 Å². The standard InChI is InChI=1S/C2H5O5S.K/c3-1-2-7-8(4,5)6;/h1,3H,2H2,(H,4,5,6);/q-1;+1. The summed E-state index contributed by atoms with van der Waals surface area (Å²) < 4.78 is 30.6. The van der Waals surface area contributed by atoms with Gasteiger partial charge in [0, 0.05) is 0 Å². The van der Waals surface area contributed by atoms with Gasteiger partial charge in [-0.25, -0.2) is 0 Å². The Morgan fingerprint density at radius 3 is 2.11 bits per heavy atom. The SMILES string of the molecule is O=S(=O)(O)OC[CH-]O.[K+]. The van der Waals surface area contributed by atoms with E-state index in [-0.39, 0.29) is 51.4 Å². The first kappa shape index (κ1) is 13.1. The minimum Gasteiger partial charge on any atom is -0.564 e. The molecule has 0 aromatic rings. The maximum absolute atomic E-state index is 9.59. The van der Waals surface area contributed by atoms with Crippen molar-refractivity contribution in [1.29, 1.82) is 0 Å². The fourth-order valence-corrected chi connectivity index (χ4v) is 0.349. The molecule has 0 aliphatic carbocycles. The van der Waals surface area contributed by atoms with Gasteiger partial charge >= 0.3 is 61.8 Å². The summed E-state index contributed by atoms with van der Waals surface area (Å²) in [4.78, 5) is 0. The molecular weight excluding hydrogens is 175 g/mol. The van der Waals surface area contributed by atoms with Crippen molar-refractivity contribution in [2.24, 2.45) is 0 Å². The van der Waals surface area contributed by atoms with Crippen molar-refractivity contribution in [3.63, 3.8) is 0 Å². The zero-order chi connectivity index (χ0) is 6.62. The Morgan fingerprint density at radius 1 is 1.56 bits per heavy atom. The number of aliphatic hydroxyl groups excluding tert-OH is 1. The van der Waals surface area contributed by atoms with Crippen LogP contribution in [0.4, 0.5) is 0 Å². The third-order valence-corrected chi connectivity index (χ3v) is 0.725. The van der Waals surface area contributed by atoms with Gasteiger partial charge in [-0.15, -0.1) is 0 Å². The molecule has 0 spiro atoms. The molecule has 0 bridgehead atoms. The molecule has 0 heterocycles. The quantitative estimate of drug-likeness (QED) is 0.266. The van der Waals surface area contributed by atoms with Crippen LogP contribution in [0, 0.1) is 6.61 Å². The number of rotatable bonds is 3. The third-order valence-electron chi connectivity index (χ3n) is 0.292. The van der Waals surface area contributed by atoms with Crippen LogP contribution in [-0.4, -0.2) is 24.7 Å². The molecule has 0 aromatic carbocycles. The predicted octanol–water partition coefficient (Wildman–Crippen LogP) is -3.66. The van der Waals surface area contributed by atoms with Crippen LogP contribution in [0.15, 0.2) is 0 Å². The van der Waals surface area contributed by atoms with Gasteiger partial charge in [0.15, 0.2) is 0 Å². The molecule has 0 aliphatic heterocycles. The average molecular weight is 180 g/mol. The molecule has 0 unspecified atom stereocenters. The van der Waals surface area contributed by atoms with Crippen molar-refractivity contribution in [2.75, 3.05) is 6.61 Å². The van der Waals surface area contributed by atoms with Crippen molar-refractivity contribution < 1.29 is 73.6 Å². The van der Waals surface area contributed by atoms with Gasteiger partial charge < -0.3 is 5.11 Å². The van der Waals surface area contributed by atoms with E-state index in [2.05, 4.69) is 4.18 Å². The molecule has 7 heteroatoms. The summed E-state index contributed by atoms with van der Waals surface area (Å²) in [6.07, 6.45) is 0. The number of aliphatic hydroxyl groups is 1. The number of hydrogen-bond donors (Lipinski definition) is 2. The average Bonchev–Trinajstić information content (AvgIpc) is 1.59. The minimum absolute atomic E-state index is 0. The van der Waals surface area contributed by atoms with Gasteiger partial charge in [-0.2, -0.15) is 15.0 Å². The molecule has 0 amide bonds. The van der Waals surface area contributed by atoms with E-state index in [1.54, 1.807) is 0 Å².